The second-order valence-electron chi connectivity index (χ2n) is 4.30. The lowest BCUT2D eigenvalue weighted by molar-refractivity contribution is -0.0512. The molecule has 0 saturated heterocycles. The van der Waals surface area contributed by atoms with Gasteiger partial charge in [-0.2, -0.15) is 13.8 Å². The number of benzene rings is 1. The molecule has 0 radical (unpaired) electrons. The first kappa shape index (κ1) is 15.0. The maximum absolute atomic E-state index is 12.4. The molecule has 1 aromatic carbocycles. The lowest BCUT2D eigenvalue weighted by Crippen LogP contribution is -2.33. The van der Waals surface area contributed by atoms with Crippen molar-refractivity contribution in [2.45, 2.75) is 19.6 Å². The molecule has 8 heteroatoms. The van der Waals surface area contributed by atoms with Crippen molar-refractivity contribution in [1.29, 1.82) is 0 Å². The van der Waals surface area contributed by atoms with Crippen molar-refractivity contribution in [1.82, 2.24) is 4.90 Å². The summed E-state index contributed by atoms with van der Waals surface area (Å²) in [5, 5.41) is 0. The Morgan fingerprint density at radius 3 is 2.71 bits per heavy atom. The number of alkyl halides is 2. The molecule has 114 valence electrons. The van der Waals surface area contributed by atoms with Gasteiger partial charge in [-0.05, 0) is 24.6 Å². The molecule has 0 saturated carbocycles. The van der Waals surface area contributed by atoms with E-state index >= 15 is 0 Å². The largest absolute Gasteiger partial charge is 0.493 e. The van der Waals surface area contributed by atoms with Crippen molar-refractivity contribution in [3.63, 3.8) is 0 Å². The molecule has 6 nitrogen and oxygen atoms in total. The Morgan fingerprint density at radius 1 is 1.43 bits per heavy atom. The van der Waals surface area contributed by atoms with E-state index in [1.807, 2.05) is 0 Å². The van der Waals surface area contributed by atoms with E-state index < -0.39 is 18.7 Å². The zero-order valence-electron chi connectivity index (χ0n) is 11.5. The molecule has 0 aromatic heterocycles. The smallest absolute Gasteiger partial charge is 0.387 e. The van der Waals surface area contributed by atoms with Crippen LogP contribution in [0, 0.1) is 0 Å². The molecule has 0 bridgehead atoms. The molecule has 0 aliphatic carbocycles. The average molecular weight is 299 g/mol. The van der Waals surface area contributed by atoms with Crippen molar-refractivity contribution in [2.75, 3.05) is 13.7 Å². The maximum Gasteiger partial charge on any atom is 0.387 e. The fraction of sp³-hybridized carbons (Fsp3) is 0.385. The molecular weight excluding hydrogens is 284 g/mol. The summed E-state index contributed by atoms with van der Waals surface area (Å²) in [7, 11) is 1.35. The van der Waals surface area contributed by atoms with Crippen molar-refractivity contribution >= 4 is 11.9 Å². The maximum atomic E-state index is 12.4. The van der Waals surface area contributed by atoms with Gasteiger partial charge in [0.2, 0.25) is 0 Å². The minimum atomic E-state index is -2.98. The SMILES string of the molecule is CCN1C(=O)N=C(N)C1c1ccc(OC)c(OC(F)F)c1. The van der Waals surface area contributed by atoms with Gasteiger partial charge in [-0.1, -0.05) is 6.07 Å². The first-order valence-corrected chi connectivity index (χ1v) is 6.25. The van der Waals surface area contributed by atoms with Gasteiger partial charge in [-0.25, -0.2) is 4.79 Å². The molecule has 1 heterocycles. The van der Waals surface area contributed by atoms with Gasteiger partial charge in [-0.3, -0.25) is 0 Å². The molecule has 1 aromatic rings. The topological polar surface area (TPSA) is 77.2 Å². The number of amides is 2. The van der Waals surface area contributed by atoms with E-state index in [4.69, 9.17) is 10.5 Å². The standard InChI is InChI=1S/C13H15F2N3O3/c1-3-18-10(11(16)17-13(18)19)7-4-5-8(20-2)9(6-7)21-12(14)15/h4-6,10,12H,3H2,1-2H3,(H2,16,17,19). The molecular formula is C13H15F2N3O3. The monoisotopic (exact) mass is 299 g/mol. The molecule has 1 unspecified atom stereocenters. The van der Waals surface area contributed by atoms with Crippen LogP contribution in [0.5, 0.6) is 11.5 Å². The Labute approximate surface area is 120 Å². The van der Waals surface area contributed by atoms with Crippen LogP contribution in [-0.4, -0.2) is 37.0 Å². The molecule has 2 rings (SSSR count). The first-order chi connectivity index (χ1) is 9.97. The van der Waals surface area contributed by atoms with Crippen molar-refractivity contribution in [3.05, 3.63) is 23.8 Å². The molecule has 0 fully saturated rings. The summed E-state index contributed by atoms with van der Waals surface area (Å²) in [6, 6.07) is 3.45. The van der Waals surface area contributed by atoms with E-state index in [1.165, 1.54) is 24.1 Å². The fourth-order valence-electron chi connectivity index (χ4n) is 2.23. The summed E-state index contributed by atoms with van der Waals surface area (Å²) in [5.74, 6) is 0.171. The molecule has 1 aliphatic rings. The number of likely N-dealkylation sites (N-methyl/N-ethyl adjacent to an activating group) is 1. The molecule has 2 N–H and O–H groups in total. The van der Waals surface area contributed by atoms with Gasteiger partial charge in [0, 0.05) is 6.54 Å². The summed E-state index contributed by atoms with van der Waals surface area (Å²) in [6.07, 6.45) is 0. The average Bonchev–Trinajstić information content (AvgIpc) is 2.71. The van der Waals surface area contributed by atoms with Gasteiger partial charge in [0.05, 0.1) is 7.11 Å². The van der Waals surface area contributed by atoms with Crippen molar-refractivity contribution < 1.29 is 23.0 Å². The molecule has 21 heavy (non-hydrogen) atoms. The van der Waals surface area contributed by atoms with Gasteiger partial charge in [-0.15, -0.1) is 0 Å². The number of hydrogen-bond acceptors (Lipinski definition) is 4. The van der Waals surface area contributed by atoms with E-state index in [0.717, 1.165) is 0 Å². The number of nitrogens with two attached hydrogens (primary N) is 1. The molecule has 1 atom stereocenters. The predicted molar refractivity (Wildman–Crippen MR) is 71.8 cm³/mol. The van der Waals surface area contributed by atoms with Gasteiger partial charge in [0.1, 0.15) is 11.9 Å². The summed E-state index contributed by atoms with van der Waals surface area (Å²) < 4.78 is 34.3. The zero-order chi connectivity index (χ0) is 15.6. The number of methoxy groups -OCH3 is 1. The zero-order valence-corrected chi connectivity index (χ0v) is 11.5. The van der Waals surface area contributed by atoms with E-state index in [0.29, 0.717) is 12.1 Å². The van der Waals surface area contributed by atoms with Crippen LogP contribution < -0.4 is 15.2 Å². The van der Waals surface area contributed by atoms with Crippen molar-refractivity contribution in [3.8, 4) is 11.5 Å². The van der Waals surface area contributed by atoms with E-state index in [-0.39, 0.29) is 17.3 Å². The summed E-state index contributed by atoms with van der Waals surface area (Å²) in [4.78, 5) is 16.8. The quantitative estimate of drug-likeness (QED) is 0.903. The first-order valence-electron chi connectivity index (χ1n) is 6.25. The highest BCUT2D eigenvalue weighted by Crippen LogP contribution is 2.34. The van der Waals surface area contributed by atoms with Crippen LogP contribution in [0.2, 0.25) is 0 Å². The number of carbonyl (C=O) groups is 1. The normalized spacial score (nSPS) is 18.1. The minimum Gasteiger partial charge on any atom is -0.493 e. The van der Waals surface area contributed by atoms with E-state index in [9.17, 15) is 13.6 Å². The highest BCUT2D eigenvalue weighted by atomic mass is 19.3. The highest BCUT2D eigenvalue weighted by molar-refractivity contribution is 6.03. The minimum absolute atomic E-state index is 0.117. The number of nitrogens with zero attached hydrogens (tertiary/aromatic N) is 2. The molecule has 0 spiro atoms. The van der Waals surface area contributed by atoms with Gasteiger partial charge in [0.25, 0.3) is 0 Å². The summed E-state index contributed by atoms with van der Waals surface area (Å²) in [5.41, 5.74) is 6.28. The number of rotatable bonds is 5. The third-order valence-electron chi connectivity index (χ3n) is 3.12. The van der Waals surface area contributed by atoms with Gasteiger partial charge in [0.15, 0.2) is 11.5 Å². The van der Waals surface area contributed by atoms with Crippen LogP contribution >= 0.6 is 0 Å². The Morgan fingerprint density at radius 2 is 2.14 bits per heavy atom. The van der Waals surface area contributed by atoms with Crippen LogP contribution in [0.25, 0.3) is 0 Å². The number of aliphatic imine (C=N–C) groups is 1. The second kappa shape index (κ2) is 5.94. The third-order valence-corrected chi connectivity index (χ3v) is 3.12. The number of ether oxygens (including phenoxy) is 2. The Kier molecular flexibility index (Phi) is 4.25. The van der Waals surface area contributed by atoms with Crippen LogP contribution in [-0.2, 0) is 0 Å². The number of hydrogen-bond donors (Lipinski definition) is 1. The second-order valence-corrected chi connectivity index (χ2v) is 4.30. The van der Waals surface area contributed by atoms with Crippen LogP contribution in [0.1, 0.15) is 18.5 Å². The van der Waals surface area contributed by atoms with Gasteiger partial charge >= 0.3 is 12.6 Å². The van der Waals surface area contributed by atoms with Gasteiger partial charge < -0.3 is 20.1 Å². The van der Waals surface area contributed by atoms with Crippen molar-refractivity contribution in [2.24, 2.45) is 10.7 Å². The molecule has 1 aliphatic heterocycles. The molecule has 2 amide bonds. The summed E-state index contributed by atoms with van der Waals surface area (Å²) in [6.45, 7) is -0.809. The highest BCUT2D eigenvalue weighted by Gasteiger charge is 2.34. The number of amidine groups is 1. The number of urea groups is 1. The van der Waals surface area contributed by atoms with Crippen LogP contribution in [0.15, 0.2) is 23.2 Å². The van der Waals surface area contributed by atoms with E-state index in [1.54, 1.807) is 13.0 Å². The summed E-state index contributed by atoms with van der Waals surface area (Å²) >= 11 is 0. The number of halogens is 2. The van der Waals surface area contributed by atoms with E-state index in [2.05, 4.69) is 9.73 Å². The van der Waals surface area contributed by atoms with Crippen LogP contribution in [0.3, 0.4) is 0 Å². The third kappa shape index (κ3) is 2.88. The van der Waals surface area contributed by atoms with Crippen LogP contribution in [0.4, 0.5) is 13.6 Å². The fourth-order valence-corrected chi connectivity index (χ4v) is 2.23. The Balaban J connectivity index is 2.40. The predicted octanol–water partition coefficient (Wildman–Crippen LogP) is 2.15. The lowest BCUT2D eigenvalue weighted by Gasteiger charge is -2.23. The number of carbonyl (C=O) groups excluding carboxylic acids is 1. The lowest BCUT2D eigenvalue weighted by atomic mass is 10.0. The Hall–Kier alpha value is -2.38. The Bertz CT molecular complexity index is 578.